The van der Waals surface area contributed by atoms with Crippen molar-refractivity contribution in [3.63, 3.8) is 0 Å². The largest absolute Gasteiger partial charge is 0.265 e. The third-order valence-corrected chi connectivity index (χ3v) is 7.18. The summed E-state index contributed by atoms with van der Waals surface area (Å²) in [6, 6.07) is 46.0. The molecule has 1 nitrogen and oxygen atoms in total. The minimum Gasteiger partial charge on any atom is -0.265 e. The lowest BCUT2D eigenvalue weighted by Crippen LogP contribution is -1.91. The van der Waals surface area contributed by atoms with E-state index in [0.717, 1.165) is 0 Å². The Morgan fingerprint density at radius 1 is 0.333 bits per heavy atom. The molecule has 7 rings (SSSR count). The highest BCUT2D eigenvalue weighted by Crippen LogP contribution is 2.45. The Labute approximate surface area is 210 Å². The van der Waals surface area contributed by atoms with Crippen molar-refractivity contribution in [2.75, 3.05) is 0 Å². The van der Waals surface area contributed by atoms with E-state index in [1.807, 2.05) is 12.4 Å². The highest BCUT2D eigenvalue weighted by atomic mass is 14.6. The first kappa shape index (κ1) is 20.6. The molecule has 1 heterocycles. The third-order valence-electron chi connectivity index (χ3n) is 7.18. The van der Waals surface area contributed by atoms with Gasteiger partial charge in [-0.2, -0.15) is 0 Å². The fraction of sp³-hybridized carbons (Fsp3) is 0. The average molecular weight is 458 g/mol. The SMILES string of the molecule is c1ccc2c(-c3c4ccccc4c(-c4ccc(-c5ccncc5)cc4)c4ccccc34)cccc2c1. The van der Waals surface area contributed by atoms with E-state index in [0.29, 0.717) is 0 Å². The zero-order valence-electron chi connectivity index (χ0n) is 19.7. The summed E-state index contributed by atoms with van der Waals surface area (Å²) in [7, 11) is 0. The molecule has 0 unspecified atom stereocenters. The van der Waals surface area contributed by atoms with Crippen LogP contribution >= 0.6 is 0 Å². The van der Waals surface area contributed by atoms with Gasteiger partial charge >= 0.3 is 0 Å². The second-order valence-corrected chi connectivity index (χ2v) is 9.18. The van der Waals surface area contributed by atoms with Gasteiger partial charge in [-0.25, -0.2) is 0 Å². The number of rotatable bonds is 3. The van der Waals surface area contributed by atoms with Crippen molar-refractivity contribution >= 4 is 32.3 Å². The predicted molar refractivity (Wildman–Crippen MR) is 153 cm³/mol. The molecular formula is C35H23N. The van der Waals surface area contributed by atoms with Gasteiger partial charge in [0.2, 0.25) is 0 Å². The lowest BCUT2D eigenvalue weighted by atomic mass is 9.84. The van der Waals surface area contributed by atoms with Crippen LogP contribution in [0.15, 0.2) is 140 Å². The average Bonchev–Trinajstić information content (AvgIpc) is 2.96. The van der Waals surface area contributed by atoms with Gasteiger partial charge in [0.1, 0.15) is 0 Å². The molecule has 0 saturated carbocycles. The molecule has 0 spiro atoms. The molecule has 6 aromatic carbocycles. The molecule has 0 aliphatic heterocycles. The fourth-order valence-corrected chi connectivity index (χ4v) is 5.55. The van der Waals surface area contributed by atoms with Crippen LogP contribution in [0.3, 0.4) is 0 Å². The monoisotopic (exact) mass is 457 g/mol. The van der Waals surface area contributed by atoms with E-state index < -0.39 is 0 Å². The first-order valence-corrected chi connectivity index (χ1v) is 12.3. The zero-order valence-corrected chi connectivity index (χ0v) is 19.7. The molecular weight excluding hydrogens is 434 g/mol. The van der Waals surface area contributed by atoms with Crippen LogP contribution in [0.25, 0.3) is 65.7 Å². The maximum atomic E-state index is 4.16. The smallest absolute Gasteiger partial charge is 0.0273 e. The van der Waals surface area contributed by atoms with Crippen molar-refractivity contribution in [3.8, 4) is 33.4 Å². The molecule has 7 aromatic rings. The minimum atomic E-state index is 1.18. The van der Waals surface area contributed by atoms with Crippen LogP contribution in [0.4, 0.5) is 0 Å². The van der Waals surface area contributed by atoms with Gasteiger partial charge in [0.05, 0.1) is 0 Å². The van der Waals surface area contributed by atoms with E-state index in [2.05, 4.69) is 132 Å². The molecule has 0 radical (unpaired) electrons. The van der Waals surface area contributed by atoms with Gasteiger partial charge in [0, 0.05) is 12.4 Å². The molecule has 0 N–H and O–H groups in total. The fourth-order valence-electron chi connectivity index (χ4n) is 5.55. The van der Waals surface area contributed by atoms with Crippen molar-refractivity contribution in [2.45, 2.75) is 0 Å². The van der Waals surface area contributed by atoms with Gasteiger partial charge in [0.15, 0.2) is 0 Å². The number of hydrogen-bond acceptors (Lipinski definition) is 1. The van der Waals surface area contributed by atoms with E-state index in [1.165, 1.54) is 65.7 Å². The van der Waals surface area contributed by atoms with Crippen molar-refractivity contribution in [2.24, 2.45) is 0 Å². The van der Waals surface area contributed by atoms with Crippen molar-refractivity contribution in [1.29, 1.82) is 0 Å². The first-order valence-electron chi connectivity index (χ1n) is 12.3. The summed E-state index contributed by atoms with van der Waals surface area (Å²) in [5.74, 6) is 0. The van der Waals surface area contributed by atoms with Crippen LogP contribution in [-0.2, 0) is 0 Å². The second kappa shape index (κ2) is 8.48. The van der Waals surface area contributed by atoms with Gasteiger partial charge in [-0.3, -0.25) is 4.98 Å². The summed E-state index contributed by atoms with van der Waals surface area (Å²) in [5.41, 5.74) is 7.46. The molecule has 0 amide bonds. The number of benzene rings is 6. The topological polar surface area (TPSA) is 12.9 Å². The molecule has 0 aliphatic rings. The van der Waals surface area contributed by atoms with E-state index in [4.69, 9.17) is 0 Å². The predicted octanol–water partition coefficient (Wildman–Crippen LogP) is 9.54. The molecule has 1 aromatic heterocycles. The maximum Gasteiger partial charge on any atom is 0.0273 e. The summed E-state index contributed by atoms with van der Waals surface area (Å²) >= 11 is 0. The Bertz CT molecular complexity index is 1800. The van der Waals surface area contributed by atoms with E-state index >= 15 is 0 Å². The standard InChI is InChI=1S/C35H23N/c1-2-10-28-26(8-1)9-7-15-29(28)35-32-13-5-3-11-30(32)34(31-12-4-6-14-33(31)35)27-18-16-24(17-19-27)25-20-22-36-23-21-25/h1-23H. The van der Waals surface area contributed by atoms with Crippen LogP contribution in [0.1, 0.15) is 0 Å². The molecule has 36 heavy (non-hydrogen) atoms. The lowest BCUT2D eigenvalue weighted by molar-refractivity contribution is 1.33. The first-order chi connectivity index (χ1) is 17.9. The Balaban J connectivity index is 1.54. The molecule has 168 valence electrons. The Hall–Kier alpha value is -4.75. The number of fused-ring (bicyclic) bond motifs is 3. The second-order valence-electron chi connectivity index (χ2n) is 9.18. The molecule has 0 bridgehead atoms. The summed E-state index contributed by atoms with van der Waals surface area (Å²) in [6.45, 7) is 0. The van der Waals surface area contributed by atoms with Gasteiger partial charge in [-0.05, 0) is 77.8 Å². The Morgan fingerprint density at radius 2 is 0.806 bits per heavy atom. The molecule has 0 saturated heterocycles. The van der Waals surface area contributed by atoms with Crippen molar-refractivity contribution in [1.82, 2.24) is 4.98 Å². The molecule has 0 fully saturated rings. The molecule has 0 atom stereocenters. The van der Waals surface area contributed by atoms with E-state index in [1.54, 1.807) is 0 Å². The van der Waals surface area contributed by atoms with Gasteiger partial charge < -0.3 is 0 Å². The maximum absolute atomic E-state index is 4.16. The number of aromatic nitrogens is 1. The summed E-state index contributed by atoms with van der Waals surface area (Å²) in [5, 5.41) is 7.65. The zero-order chi connectivity index (χ0) is 23.9. The quantitative estimate of drug-likeness (QED) is 0.241. The highest BCUT2D eigenvalue weighted by molar-refractivity contribution is 6.23. The van der Waals surface area contributed by atoms with Crippen molar-refractivity contribution < 1.29 is 0 Å². The normalized spacial score (nSPS) is 11.3. The minimum absolute atomic E-state index is 1.18. The summed E-state index contributed by atoms with van der Waals surface area (Å²) in [4.78, 5) is 4.16. The van der Waals surface area contributed by atoms with Crippen LogP contribution in [0, 0.1) is 0 Å². The van der Waals surface area contributed by atoms with E-state index in [9.17, 15) is 0 Å². The van der Waals surface area contributed by atoms with E-state index in [-0.39, 0.29) is 0 Å². The van der Waals surface area contributed by atoms with Crippen LogP contribution in [-0.4, -0.2) is 4.98 Å². The number of nitrogens with zero attached hydrogens (tertiary/aromatic N) is 1. The van der Waals surface area contributed by atoms with Gasteiger partial charge in [-0.15, -0.1) is 0 Å². The third kappa shape index (κ3) is 3.29. The Morgan fingerprint density at radius 3 is 1.44 bits per heavy atom. The van der Waals surface area contributed by atoms with Gasteiger partial charge in [-0.1, -0.05) is 115 Å². The van der Waals surface area contributed by atoms with Crippen LogP contribution in [0.5, 0.6) is 0 Å². The number of hydrogen-bond donors (Lipinski definition) is 0. The Kier molecular flexibility index (Phi) is 4.85. The van der Waals surface area contributed by atoms with Gasteiger partial charge in [0.25, 0.3) is 0 Å². The highest BCUT2D eigenvalue weighted by Gasteiger charge is 2.17. The summed E-state index contributed by atoms with van der Waals surface area (Å²) in [6.07, 6.45) is 3.69. The van der Waals surface area contributed by atoms with Crippen LogP contribution < -0.4 is 0 Å². The lowest BCUT2D eigenvalue weighted by Gasteiger charge is -2.19. The van der Waals surface area contributed by atoms with Crippen LogP contribution in [0.2, 0.25) is 0 Å². The molecule has 0 aliphatic carbocycles. The number of pyridine rings is 1. The van der Waals surface area contributed by atoms with Crippen molar-refractivity contribution in [3.05, 3.63) is 140 Å². The summed E-state index contributed by atoms with van der Waals surface area (Å²) < 4.78 is 0. The molecule has 1 heteroatoms.